The van der Waals surface area contributed by atoms with Crippen LogP contribution in [0.25, 0.3) is 0 Å². The van der Waals surface area contributed by atoms with Gasteiger partial charge in [-0.1, -0.05) is 12.8 Å². The predicted octanol–water partition coefficient (Wildman–Crippen LogP) is -0.825. The van der Waals surface area contributed by atoms with Gasteiger partial charge >= 0.3 is 23.9 Å². The summed E-state index contributed by atoms with van der Waals surface area (Å²) in [6.45, 7) is -0.661. The lowest BCUT2D eigenvalue weighted by molar-refractivity contribution is -0.143. The Bertz CT molecular complexity index is 512. The highest BCUT2D eigenvalue weighted by molar-refractivity contribution is 6.44. The summed E-state index contributed by atoms with van der Waals surface area (Å²) < 4.78 is 0. The normalized spacial score (nSPS) is 19.4. The molecular formula is C12H16N4O5. The van der Waals surface area contributed by atoms with E-state index in [2.05, 4.69) is 5.32 Å². The monoisotopic (exact) mass is 296 g/mol. The molecule has 9 heteroatoms. The molecule has 0 radical (unpaired) electrons. The van der Waals surface area contributed by atoms with E-state index < -0.39 is 36.3 Å². The minimum Gasteiger partial charge on any atom is -0.335 e. The fraction of sp³-hybridized carbons (Fsp3) is 0.583. The van der Waals surface area contributed by atoms with Gasteiger partial charge in [-0.2, -0.15) is 0 Å². The van der Waals surface area contributed by atoms with E-state index in [9.17, 15) is 24.0 Å². The third kappa shape index (κ3) is 3.18. The molecule has 0 atom stereocenters. The first-order valence-corrected chi connectivity index (χ1v) is 6.64. The number of hydrogen-bond donors (Lipinski definition) is 2. The molecule has 0 aromatic carbocycles. The van der Waals surface area contributed by atoms with Crippen LogP contribution in [-0.2, 0) is 14.4 Å². The molecule has 7 amide bonds. The molecule has 1 aliphatic carbocycles. The highest BCUT2D eigenvalue weighted by Crippen LogP contribution is 2.17. The van der Waals surface area contributed by atoms with E-state index in [1.807, 2.05) is 5.32 Å². The highest BCUT2D eigenvalue weighted by Gasteiger charge is 2.43. The van der Waals surface area contributed by atoms with Gasteiger partial charge < -0.3 is 5.32 Å². The molecule has 9 nitrogen and oxygen atoms in total. The van der Waals surface area contributed by atoms with Gasteiger partial charge in [0, 0.05) is 13.1 Å². The number of amides is 7. The highest BCUT2D eigenvalue weighted by atomic mass is 16.2. The summed E-state index contributed by atoms with van der Waals surface area (Å²) in [6.07, 6.45) is 3.79. The maximum absolute atomic E-state index is 11.6. The third-order valence-electron chi connectivity index (χ3n) is 3.50. The fourth-order valence-corrected chi connectivity index (χ4v) is 2.35. The van der Waals surface area contributed by atoms with Crippen molar-refractivity contribution in [1.29, 1.82) is 0 Å². The number of hydrogen-bond acceptors (Lipinski definition) is 5. The molecule has 2 N–H and O–H groups in total. The predicted molar refractivity (Wildman–Crippen MR) is 68.8 cm³/mol. The van der Waals surface area contributed by atoms with Gasteiger partial charge in [0.1, 0.15) is 6.54 Å². The molecule has 2 aliphatic rings. The Morgan fingerprint density at radius 3 is 2.29 bits per heavy atom. The van der Waals surface area contributed by atoms with Crippen LogP contribution in [0.5, 0.6) is 0 Å². The molecule has 0 aromatic heterocycles. The van der Waals surface area contributed by atoms with E-state index in [0.29, 0.717) is 9.80 Å². The summed E-state index contributed by atoms with van der Waals surface area (Å²) in [5.41, 5.74) is 0. The Balaban J connectivity index is 1.84. The number of urea groups is 2. The van der Waals surface area contributed by atoms with Crippen molar-refractivity contribution in [2.45, 2.75) is 31.7 Å². The van der Waals surface area contributed by atoms with Crippen molar-refractivity contribution in [2.75, 3.05) is 13.6 Å². The molecule has 1 saturated carbocycles. The van der Waals surface area contributed by atoms with Gasteiger partial charge in [-0.15, -0.1) is 0 Å². The van der Waals surface area contributed by atoms with Crippen molar-refractivity contribution < 1.29 is 24.0 Å². The molecule has 2 rings (SSSR count). The summed E-state index contributed by atoms with van der Waals surface area (Å²) in [4.78, 5) is 58.6. The van der Waals surface area contributed by atoms with Gasteiger partial charge in [0.15, 0.2) is 0 Å². The van der Waals surface area contributed by atoms with E-state index in [4.69, 9.17) is 0 Å². The number of nitrogens with zero attached hydrogens (tertiary/aromatic N) is 2. The molecule has 21 heavy (non-hydrogen) atoms. The Hall–Kier alpha value is -2.45. The molecule has 0 unspecified atom stereocenters. The van der Waals surface area contributed by atoms with Gasteiger partial charge in [-0.25, -0.2) is 14.5 Å². The van der Waals surface area contributed by atoms with E-state index >= 15 is 0 Å². The standard InChI is InChI=1S/C12H16N4O5/c1-15-9(18)10(19)16(12(15)21)6-8(17)14-11(20)13-7-4-2-3-5-7/h7H,2-6H2,1H3,(H2,13,14,17,20). The van der Waals surface area contributed by atoms with Crippen molar-refractivity contribution in [3.8, 4) is 0 Å². The number of nitrogens with one attached hydrogen (secondary N) is 2. The molecular weight excluding hydrogens is 280 g/mol. The zero-order valence-electron chi connectivity index (χ0n) is 11.5. The van der Waals surface area contributed by atoms with E-state index in [1.165, 1.54) is 0 Å². The molecule has 1 aliphatic heterocycles. The quantitative estimate of drug-likeness (QED) is 0.521. The van der Waals surface area contributed by atoms with E-state index in [-0.39, 0.29) is 6.04 Å². The average Bonchev–Trinajstić information content (AvgIpc) is 2.99. The Labute approximate surface area is 120 Å². The van der Waals surface area contributed by atoms with Crippen LogP contribution in [0.2, 0.25) is 0 Å². The van der Waals surface area contributed by atoms with E-state index in [0.717, 1.165) is 32.7 Å². The number of carbonyl (C=O) groups is 5. The first kappa shape index (κ1) is 14.9. The largest absolute Gasteiger partial charge is 0.335 e. The first-order valence-electron chi connectivity index (χ1n) is 6.64. The lowest BCUT2D eigenvalue weighted by Crippen LogP contribution is -2.48. The van der Waals surface area contributed by atoms with Crippen LogP contribution in [0.4, 0.5) is 9.59 Å². The summed E-state index contributed by atoms with van der Waals surface area (Å²) in [7, 11) is 1.15. The van der Waals surface area contributed by atoms with Crippen LogP contribution < -0.4 is 10.6 Å². The van der Waals surface area contributed by atoms with Gasteiger partial charge in [0.25, 0.3) is 0 Å². The topological polar surface area (TPSA) is 116 Å². The molecule has 114 valence electrons. The Kier molecular flexibility index (Phi) is 4.20. The van der Waals surface area contributed by atoms with Crippen LogP contribution in [0.1, 0.15) is 25.7 Å². The van der Waals surface area contributed by atoms with Crippen LogP contribution in [0.15, 0.2) is 0 Å². The first-order chi connectivity index (χ1) is 9.90. The molecule has 0 spiro atoms. The van der Waals surface area contributed by atoms with Crippen molar-refractivity contribution in [2.24, 2.45) is 0 Å². The van der Waals surface area contributed by atoms with Gasteiger partial charge in [0.2, 0.25) is 5.91 Å². The zero-order valence-corrected chi connectivity index (χ0v) is 11.5. The minimum atomic E-state index is -1.08. The maximum Gasteiger partial charge on any atom is 0.334 e. The van der Waals surface area contributed by atoms with Crippen molar-refractivity contribution >= 4 is 29.8 Å². The summed E-state index contributed by atoms with van der Waals surface area (Å²) in [5.74, 6) is -2.90. The summed E-state index contributed by atoms with van der Waals surface area (Å²) in [6, 6.07) is -1.50. The number of carbonyl (C=O) groups excluding carboxylic acids is 5. The van der Waals surface area contributed by atoms with Crippen molar-refractivity contribution in [1.82, 2.24) is 20.4 Å². The summed E-state index contributed by atoms with van der Waals surface area (Å²) >= 11 is 0. The van der Waals surface area contributed by atoms with E-state index in [1.54, 1.807) is 0 Å². The zero-order chi connectivity index (χ0) is 15.6. The SMILES string of the molecule is CN1C(=O)C(=O)N(CC(=O)NC(=O)NC2CCCC2)C1=O. The van der Waals surface area contributed by atoms with Crippen molar-refractivity contribution in [3.63, 3.8) is 0 Å². The third-order valence-corrected chi connectivity index (χ3v) is 3.50. The van der Waals surface area contributed by atoms with Gasteiger partial charge in [0.05, 0.1) is 0 Å². The summed E-state index contributed by atoms with van der Waals surface area (Å²) in [5, 5.41) is 4.68. The maximum atomic E-state index is 11.6. The van der Waals surface area contributed by atoms with Gasteiger partial charge in [-0.05, 0) is 12.8 Å². The van der Waals surface area contributed by atoms with Crippen LogP contribution in [-0.4, -0.2) is 59.2 Å². The number of rotatable bonds is 3. The second-order valence-electron chi connectivity index (χ2n) is 5.04. The second-order valence-corrected chi connectivity index (χ2v) is 5.04. The van der Waals surface area contributed by atoms with Gasteiger partial charge in [-0.3, -0.25) is 24.6 Å². The number of likely N-dealkylation sites (N-methyl/N-ethyl adjacent to an activating group) is 1. The lowest BCUT2D eigenvalue weighted by Gasteiger charge is -2.14. The van der Waals surface area contributed by atoms with Crippen LogP contribution in [0.3, 0.4) is 0 Å². The number of imide groups is 3. The van der Waals surface area contributed by atoms with Crippen LogP contribution in [0, 0.1) is 0 Å². The van der Waals surface area contributed by atoms with Crippen molar-refractivity contribution in [3.05, 3.63) is 0 Å². The Morgan fingerprint density at radius 2 is 1.76 bits per heavy atom. The molecule has 1 saturated heterocycles. The average molecular weight is 296 g/mol. The molecule has 1 heterocycles. The lowest BCUT2D eigenvalue weighted by atomic mass is 10.2. The molecule has 0 aromatic rings. The Morgan fingerprint density at radius 1 is 1.14 bits per heavy atom. The smallest absolute Gasteiger partial charge is 0.334 e. The fourth-order valence-electron chi connectivity index (χ4n) is 2.35. The van der Waals surface area contributed by atoms with Crippen LogP contribution >= 0.6 is 0 Å². The minimum absolute atomic E-state index is 0.0422. The second kappa shape index (κ2) is 5.90. The molecule has 2 fully saturated rings. The molecule has 0 bridgehead atoms.